The number of benzene rings is 2. The molecular formula is C15H14BrClO. The third kappa shape index (κ3) is 2.77. The van der Waals surface area contributed by atoms with Crippen LogP contribution in [0.3, 0.4) is 0 Å². The second-order valence-electron chi connectivity index (χ2n) is 4.43. The van der Waals surface area contributed by atoms with Crippen molar-refractivity contribution in [2.24, 2.45) is 0 Å². The van der Waals surface area contributed by atoms with Gasteiger partial charge in [-0.05, 0) is 43.2 Å². The van der Waals surface area contributed by atoms with E-state index < -0.39 is 6.10 Å². The SMILES string of the molecule is Cc1ccc(C)c(C(O)c2cc(Br)ccc2Cl)c1. The van der Waals surface area contributed by atoms with Crippen molar-refractivity contribution < 1.29 is 5.11 Å². The quantitative estimate of drug-likeness (QED) is 0.841. The molecule has 0 aromatic heterocycles. The number of rotatable bonds is 2. The van der Waals surface area contributed by atoms with Gasteiger partial charge in [0.25, 0.3) is 0 Å². The highest BCUT2D eigenvalue weighted by Crippen LogP contribution is 2.32. The van der Waals surface area contributed by atoms with Crippen LogP contribution in [0, 0.1) is 13.8 Å². The van der Waals surface area contributed by atoms with E-state index in [-0.39, 0.29) is 0 Å². The summed E-state index contributed by atoms with van der Waals surface area (Å²) in [7, 11) is 0. The molecule has 0 radical (unpaired) electrons. The Morgan fingerprint density at radius 3 is 2.50 bits per heavy atom. The summed E-state index contributed by atoms with van der Waals surface area (Å²) in [5.41, 5.74) is 3.81. The molecule has 2 rings (SSSR count). The molecule has 0 saturated heterocycles. The van der Waals surface area contributed by atoms with Crippen LogP contribution in [-0.2, 0) is 0 Å². The van der Waals surface area contributed by atoms with E-state index in [0.717, 1.165) is 26.7 Å². The van der Waals surface area contributed by atoms with Crippen molar-refractivity contribution >= 4 is 27.5 Å². The predicted molar refractivity (Wildman–Crippen MR) is 79.1 cm³/mol. The minimum atomic E-state index is -0.699. The molecule has 0 heterocycles. The molecule has 18 heavy (non-hydrogen) atoms. The first kappa shape index (κ1) is 13.6. The van der Waals surface area contributed by atoms with Crippen LogP contribution in [0.25, 0.3) is 0 Å². The molecule has 2 aromatic carbocycles. The highest BCUT2D eigenvalue weighted by molar-refractivity contribution is 9.10. The Bertz CT molecular complexity index is 529. The lowest BCUT2D eigenvalue weighted by atomic mass is 9.96. The lowest BCUT2D eigenvalue weighted by Gasteiger charge is -2.16. The standard InChI is InChI=1S/C15H14BrClO/c1-9-3-4-10(2)12(7-9)15(18)13-8-11(16)5-6-14(13)17/h3-8,15,18H,1-2H3. The Labute approximate surface area is 121 Å². The Morgan fingerprint density at radius 1 is 1.06 bits per heavy atom. The van der Waals surface area contributed by atoms with E-state index in [0.29, 0.717) is 5.02 Å². The van der Waals surface area contributed by atoms with Gasteiger partial charge in [0.05, 0.1) is 0 Å². The number of aryl methyl sites for hydroxylation is 2. The molecule has 0 bridgehead atoms. The Hall–Kier alpha value is -0.830. The molecule has 94 valence electrons. The summed E-state index contributed by atoms with van der Waals surface area (Å²) in [5.74, 6) is 0. The van der Waals surface area contributed by atoms with Gasteiger partial charge in [0.2, 0.25) is 0 Å². The predicted octanol–water partition coefficient (Wildman–Crippen LogP) is 4.80. The fourth-order valence-corrected chi connectivity index (χ4v) is 2.55. The molecule has 0 amide bonds. The van der Waals surface area contributed by atoms with Gasteiger partial charge in [-0.1, -0.05) is 51.3 Å². The van der Waals surface area contributed by atoms with Crippen molar-refractivity contribution in [3.8, 4) is 0 Å². The van der Waals surface area contributed by atoms with E-state index in [4.69, 9.17) is 11.6 Å². The Balaban J connectivity index is 2.50. The third-order valence-corrected chi connectivity index (χ3v) is 3.82. The second kappa shape index (κ2) is 5.43. The summed E-state index contributed by atoms with van der Waals surface area (Å²) in [6.45, 7) is 4.00. The monoisotopic (exact) mass is 324 g/mol. The molecule has 0 fully saturated rings. The van der Waals surface area contributed by atoms with E-state index in [2.05, 4.69) is 15.9 Å². The van der Waals surface area contributed by atoms with Crippen molar-refractivity contribution in [2.45, 2.75) is 20.0 Å². The molecule has 1 unspecified atom stereocenters. The third-order valence-electron chi connectivity index (χ3n) is 2.98. The van der Waals surface area contributed by atoms with Crippen molar-refractivity contribution in [1.82, 2.24) is 0 Å². The summed E-state index contributed by atoms with van der Waals surface area (Å²) < 4.78 is 0.909. The Kier molecular flexibility index (Phi) is 4.10. The fourth-order valence-electron chi connectivity index (χ4n) is 1.95. The van der Waals surface area contributed by atoms with Gasteiger partial charge < -0.3 is 5.11 Å². The maximum atomic E-state index is 10.5. The molecule has 0 aliphatic heterocycles. The molecule has 2 aromatic rings. The normalized spacial score (nSPS) is 12.5. The van der Waals surface area contributed by atoms with E-state index in [9.17, 15) is 5.11 Å². The van der Waals surface area contributed by atoms with Crippen molar-refractivity contribution in [2.75, 3.05) is 0 Å². The number of aliphatic hydroxyl groups is 1. The Morgan fingerprint density at radius 2 is 1.78 bits per heavy atom. The molecule has 3 heteroatoms. The minimum absolute atomic E-state index is 0.576. The van der Waals surface area contributed by atoms with Crippen LogP contribution in [0.1, 0.15) is 28.4 Å². The van der Waals surface area contributed by atoms with Gasteiger partial charge in [-0.25, -0.2) is 0 Å². The smallest absolute Gasteiger partial charge is 0.106 e. The molecule has 0 spiro atoms. The zero-order valence-corrected chi connectivity index (χ0v) is 12.6. The van der Waals surface area contributed by atoms with Crippen LogP contribution in [0.4, 0.5) is 0 Å². The molecule has 0 aliphatic rings. The van der Waals surface area contributed by atoms with Crippen LogP contribution >= 0.6 is 27.5 Å². The number of hydrogen-bond donors (Lipinski definition) is 1. The first-order chi connectivity index (χ1) is 8.49. The average Bonchev–Trinajstić information content (AvgIpc) is 2.34. The van der Waals surface area contributed by atoms with E-state index in [1.807, 2.05) is 44.2 Å². The lowest BCUT2D eigenvalue weighted by molar-refractivity contribution is 0.219. The zero-order chi connectivity index (χ0) is 13.3. The molecule has 1 nitrogen and oxygen atoms in total. The van der Waals surface area contributed by atoms with E-state index in [1.54, 1.807) is 6.07 Å². The van der Waals surface area contributed by atoms with Crippen LogP contribution in [0.5, 0.6) is 0 Å². The number of hydrogen-bond acceptors (Lipinski definition) is 1. The van der Waals surface area contributed by atoms with E-state index >= 15 is 0 Å². The average molecular weight is 326 g/mol. The van der Waals surface area contributed by atoms with E-state index in [1.165, 1.54) is 0 Å². The van der Waals surface area contributed by atoms with Gasteiger partial charge >= 0.3 is 0 Å². The van der Waals surface area contributed by atoms with Gasteiger partial charge in [0.1, 0.15) is 6.10 Å². The largest absolute Gasteiger partial charge is 0.384 e. The van der Waals surface area contributed by atoms with Crippen LogP contribution in [0.2, 0.25) is 5.02 Å². The van der Waals surface area contributed by atoms with Gasteiger partial charge in [0, 0.05) is 15.1 Å². The second-order valence-corrected chi connectivity index (χ2v) is 5.75. The van der Waals surface area contributed by atoms with Crippen LogP contribution in [0.15, 0.2) is 40.9 Å². The fraction of sp³-hybridized carbons (Fsp3) is 0.200. The minimum Gasteiger partial charge on any atom is -0.384 e. The highest BCUT2D eigenvalue weighted by atomic mass is 79.9. The summed E-state index contributed by atoms with van der Waals surface area (Å²) in [6, 6.07) is 11.6. The summed E-state index contributed by atoms with van der Waals surface area (Å²) >= 11 is 9.55. The van der Waals surface area contributed by atoms with Gasteiger partial charge in [0.15, 0.2) is 0 Å². The number of aliphatic hydroxyl groups excluding tert-OH is 1. The molecule has 1 atom stereocenters. The first-order valence-electron chi connectivity index (χ1n) is 5.69. The van der Waals surface area contributed by atoms with Gasteiger partial charge in [-0.15, -0.1) is 0 Å². The van der Waals surface area contributed by atoms with Crippen molar-refractivity contribution in [1.29, 1.82) is 0 Å². The molecule has 1 N–H and O–H groups in total. The highest BCUT2D eigenvalue weighted by Gasteiger charge is 2.16. The first-order valence-corrected chi connectivity index (χ1v) is 6.86. The summed E-state index contributed by atoms with van der Waals surface area (Å²) in [5, 5.41) is 11.1. The van der Waals surface area contributed by atoms with Crippen LogP contribution < -0.4 is 0 Å². The van der Waals surface area contributed by atoms with Crippen LogP contribution in [-0.4, -0.2) is 5.11 Å². The lowest BCUT2D eigenvalue weighted by Crippen LogP contribution is -2.03. The summed E-state index contributed by atoms with van der Waals surface area (Å²) in [4.78, 5) is 0. The summed E-state index contributed by atoms with van der Waals surface area (Å²) in [6.07, 6.45) is -0.699. The maximum absolute atomic E-state index is 10.5. The molecule has 0 aliphatic carbocycles. The zero-order valence-electron chi connectivity index (χ0n) is 10.2. The van der Waals surface area contributed by atoms with Gasteiger partial charge in [-0.2, -0.15) is 0 Å². The van der Waals surface area contributed by atoms with Crippen molar-refractivity contribution in [3.63, 3.8) is 0 Å². The number of halogens is 2. The van der Waals surface area contributed by atoms with Gasteiger partial charge in [-0.3, -0.25) is 0 Å². The topological polar surface area (TPSA) is 20.2 Å². The molecular weight excluding hydrogens is 312 g/mol. The van der Waals surface area contributed by atoms with Crippen molar-refractivity contribution in [3.05, 3.63) is 68.1 Å². The maximum Gasteiger partial charge on any atom is 0.106 e. The molecule has 0 saturated carbocycles.